The van der Waals surface area contributed by atoms with Gasteiger partial charge in [0.1, 0.15) is 12.1 Å². The number of nitrogens with two attached hydrogens (primary N) is 1. The minimum atomic E-state index is -1.01. The minimum Gasteiger partial charge on any atom is -0.480 e. The van der Waals surface area contributed by atoms with Gasteiger partial charge in [-0.25, -0.2) is 4.79 Å². The molecular weight excluding hydrogens is 673 g/mol. The van der Waals surface area contributed by atoms with Crippen molar-refractivity contribution >= 4 is 17.8 Å². The van der Waals surface area contributed by atoms with Gasteiger partial charge in [-0.2, -0.15) is 0 Å². The molecule has 0 aliphatic rings. The summed E-state index contributed by atoms with van der Waals surface area (Å²) in [7, 11) is 0. The number of rotatable bonds is 41. The fourth-order valence-electron chi connectivity index (χ4n) is 6.69. The molecule has 54 heavy (non-hydrogen) atoms. The van der Waals surface area contributed by atoms with Crippen LogP contribution in [-0.4, -0.2) is 41.6 Å². The Hall–Kier alpha value is -2.41. The average Bonchev–Trinajstić information content (AvgIpc) is 3.16. The van der Waals surface area contributed by atoms with Gasteiger partial charge >= 0.3 is 11.9 Å². The second-order valence-corrected chi connectivity index (χ2v) is 15.5. The molecule has 0 aliphatic heterocycles. The smallest absolute Gasteiger partial charge is 0.326 e. The van der Waals surface area contributed by atoms with Crippen molar-refractivity contribution in [2.45, 2.75) is 238 Å². The molecule has 0 saturated heterocycles. The summed E-state index contributed by atoms with van der Waals surface area (Å²) < 4.78 is 5.94. The standard InChI is InChI=1S/C47H86N2O5/c1-3-5-7-9-11-13-14-15-16-17-18-19-20-21-22-23-25-31-35-41-46(51)54-43(37-32-28-24-12-10-8-6-4-2)38-33-29-26-27-30-34-40-45(50)49-44(47(52)53)39-36-42-48/h12,15-16,24,32,37,43-44H,3-11,13-14,17-23,25-31,33-36,38-42,48H2,1-2H3,(H,49,50)(H,52,53)/b16-15-,24-12-,37-32-. The summed E-state index contributed by atoms with van der Waals surface area (Å²) in [5.74, 6) is -1.29. The van der Waals surface area contributed by atoms with E-state index in [0.29, 0.717) is 32.2 Å². The molecule has 0 radical (unpaired) electrons. The monoisotopic (exact) mass is 759 g/mol. The van der Waals surface area contributed by atoms with Crippen molar-refractivity contribution in [3.63, 3.8) is 0 Å². The topological polar surface area (TPSA) is 119 Å². The number of allylic oxidation sites excluding steroid dienone is 5. The van der Waals surface area contributed by atoms with Crippen molar-refractivity contribution in [3.8, 4) is 0 Å². The molecule has 0 heterocycles. The molecule has 0 aromatic carbocycles. The average molecular weight is 759 g/mol. The molecule has 0 aromatic heterocycles. The summed E-state index contributed by atoms with van der Waals surface area (Å²) in [6.07, 6.45) is 49.3. The fraction of sp³-hybridized carbons (Fsp3) is 0.809. The quantitative estimate of drug-likeness (QED) is 0.0324. The Labute approximate surface area is 333 Å². The molecule has 4 N–H and O–H groups in total. The van der Waals surface area contributed by atoms with E-state index >= 15 is 0 Å². The Balaban J connectivity index is 4.18. The number of carboxylic acids is 1. The number of esters is 1. The van der Waals surface area contributed by atoms with Gasteiger partial charge in [-0.05, 0) is 96.1 Å². The zero-order valence-electron chi connectivity index (χ0n) is 35.3. The van der Waals surface area contributed by atoms with Crippen LogP contribution in [0.4, 0.5) is 0 Å². The number of hydrogen-bond donors (Lipinski definition) is 3. The number of unbranched alkanes of at least 4 members (excludes halogenated alkanes) is 23. The summed E-state index contributed by atoms with van der Waals surface area (Å²) >= 11 is 0. The molecular formula is C47H86N2O5. The number of carbonyl (C=O) groups is 3. The second kappa shape index (κ2) is 41.7. The molecule has 0 bridgehead atoms. The van der Waals surface area contributed by atoms with Crippen LogP contribution in [0, 0.1) is 0 Å². The molecule has 314 valence electrons. The molecule has 0 aromatic rings. The summed E-state index contributed by atoms with van der Waals surface area (Å²) in [6.45, 7) is 4.91. The number of hydrogen-bond acceptors (Lipinski definition) is 5. The Kier molecular flexibility index (Phi) is 39.9. The van der Waals surface area contributed by atoms with Crippen molar-refractivity contribution in [2.75, 3.05) is 6.54 Å². The van der Waals surface area contributed by atoms with Crippen LogP contribution in [0.25, 0.3) is 0 Å². The van der Waals surface area contributed by atoms with Gasteiger partial charge < -0.3 is 20.9 Å². The van der Waals surface area contributed by atoms with Crippen molar-refractivity contribution in [1.82, 2.24) is 5.32 Å². The Morgan fingerprint density at radius 1 is 0.556 bits per heavy atom. The van der Waals surface area contributed by atoms with Crippen LogP contribution in [0.15, 0.2) is 36.5 Å². The van der Waals surface area contributed by atoms with Gasteiger partial charge in [0.05, 0.1) is 0 Å². The predicted octanol–water partition coefficient (Wildman–Crippen LogP) is 13.0. The summed E-state index contributed by atoms with van der Waals surface area (Å²) in [6, 6.07) is -0.856. The van der Waals surface area contributed by atoms with E-state index in [1.165, 1.54) is 116 Å². The van der Waals surface area contributed by atoms with E-state index in [4.69, 9.17) is 10.5 Å². The lowest BCUT2D eigenvalue weighted by molar-refractivity contribution is -0.147. The first-order valence-electron chi connectivity index (χ1n) is 22.8. The molecule has 1 amide bonds. The van der Waals surface area contributed by atoms with Gasteiger partial charge in [0, 0.05) is 12.8 Å². The highest BCUT2D eigenvalue weighted by Crippen LogP contribution is 2.16. The highest BCUT2D eigenvalue weighted by atomic mass is 16.5. The van der Waals surface area contributed by atoms with Crippen LogP contribution in [0.5, 0.6) is 0 Å². The van der Waals surface area contributed by atoms with Gasteiger partial charge in [0.2, 0.25) is 5.91 Å². The largest absolute Gasteiger partial charge is 0.480 e. The van der Waals surface area contributed by atoms with Gasteiger partial charge in [0.15, 0.2) is 0 Å². The maximum atomic E-state index is 12.7. The zero-order valence-corrected chi connectivity index (χ0v) is 35.3. The lowest BCUT2D eigenvalue weighted by Gasteiger charge is -2.15. The van der Waals surface area contributed by atoms with E-state index in [1.54, 1.807) is 0 Å². The van der Waals surface area contributed by atoms with E-state index in [1.807, 2.05) is 0 Å². The van der Waals surface area contributed by atoms with Crippen molar-refractivity contribution in [3.05, 3.63) is 36.5 Å². The van der Waals surface area contributed by atoms with Crippen molar-refractivity contribution in [2.24, 2.45) is 5.73 Å². The van der Waals surface area contributed by atoms with E-state index < -0.39 is 12.0 Å². The normalized spacial score (nSPS) is 12.9. The Morgan fingerprint density at radius 3 is 1.57 bits per heavy atom. The summed E-state index contributed by atoms with van der Waals surface area (Å²) in [5, 5.41) is 11.9. The molecule has 0 rings (SSSR count). The van der Waals surface area contributed by atoms with Crippen LogP contribution < -0.4 is 11.1 Å². The van der Waals surface area contributed by atoms with E-state index in [-0.39, 0.29) is 18.0 Å². The lowest BCUT2D eigenvalue weighted by Crippen LogP contribution is -2.40. The molecule has 0 spiro atoms. The third-order valence-corrected chi connectivity index (χ3v) is 10.2. The molecule has 7 heteroatoms. The summed E-state index contributed by atoms with van der Waals surface area (Å²) in [5.41, 5.74) is 5.47. The van der Waals surface area contributed by atoms with Gasteiger partial charge in [-0.3, -0.25) is 9.59 Å². The first-order valence-corrected chi connectivity index (χ1v) is 22.8. The zero-order chi connectivity index (χ0) is 39.6. The van der Waals surface area contributed by atoms with Crippen LogP contribution in [-0.2, 0) is 19.1 Å². The number of carboxylic acid groups (broad SMARTS) is 1. The SMILES string of the molecule is CCCCC/C=C\C/C=C\C(CCCCCCCCC(=O)NC(CCCN)C(=O)O)OC(=O)CCCCCCCCCCC/C=C\CCCCCCCC. The van der Waals surface area contributed by atoms with E-state index in [2.05, 4.69) is 55.6 Å². The predicted molar refractivity (Wildman–Crippen MR) is 230 cm³/mol. The van der Waals surface area contributed by atoms with Crippen LogP contribution in [0.1, 0.15) is 226 Å². The van der Waals surface area contributed by atoms with Gasteiger partial charge in [-0.1, -0.05) is 160 Å². The molecule has 2 unspecified atom stereocenters. The number of carbonyl (C=O) groups excluding carboxylic acids is 2. The van der Waals surface area contributed by atoms with Crippen LogP contribution in [0.3, 0.4) is 0 Å². The summed E-state index contributed by atoms with van der Waals surface area (Å²) in [4.78, 5) is 36.2. The van der Waals surface area contributed by atoms with E-state index in [9.17, 15) is 19.5 Å². The van der Waals surface area contributed by atoms with E-state index in [0.717, 1.165) is 70.6 Å². The molecule has 0 aliphatic carbocycles. The van der Waals surface area contributed by atoms with Crippen molar-refractivity contribution in [1.29, 1.82) is 0 Å². The molecule has 0 saturated carbocycles. The maximum absolute atomic E-state index is 12.7. The second-order valence-electron chi connectivity index (χ2n) is 15.5. The first-order chi connectivity index (χ1) is 26.4. The molecule has 2 atom stereocenters. The number of aliphatic carboxylic acids is 1. The van der Waals surface area contributed by atoms with Crippen molar-refractivity contribution < 1.29 is 24.2 Å². The maximum Gasteiger partial charge on any atom is 0.326 e. The minimum absolute atomic E-state index is 0.0766. The highest BCUT2D eigenvalue weighted by molar-refractivity contribution is 5.83. The number of amides is 1. The van der Waals surface area contributed by atoms with Gasteiger partial charge in [-0.15, -0.1) is 0 Å². The third kappa shape index (κ3) is 37.9. The third-order valence-electron chi connectivity index (χ3n) is 10.2. The van der Waals surface area contributed by atoms with Gasteiger partial charge in [0.25, 0.3) is 0 Å². The molecule has 7 nitrogen and oxygen atoms in total. The lowest BCUT2D eigenvalue weighted by atomic mass is 10.0. The highest BCUT2D eigenvalue weighted by Gasteiger charge is 2.18. The number of nitrogens with one attached hydrogen (secondary N) is 1. The number of ether oxygens (including phenoxy) is 1. The Morgan fingerprint density at radius 2 is 1.02 bits per heavy atom. The van der Waals surface area contributed by atoms with Crippen LogP contribution >= 0.6 is 0 Å². The Bertz CT molecular complexity index is 946. The fourth-order valence-corrected chi connectivity index (χ4v) is 6.69. The van der Waals surface area contributed by atoms with Crippen LogP contribution in [0.2, 0.25) is 0 Å². The molecule has 0 fully saturated rings. The first kappa shape index (κ1) is 51.6.